The van der Waals surface area contributed by atoms with Gasteiger partial charge in [0.15, 0.2) is 24.8 Å². The minimum Gasteiger partial charge on any atom is -1.00 e. The minimum atomic E-state index is 0. The average Bonchev–Trinajstić information content (AvgIpc) is 3.79. The molecule has 52 heavy (non-hydrogen) atoms. The number of aromatic nitrogens is 6. The summed E-state index contributed by atoms with van der Waals surface area (Å²) < 4.78 is 4.54. The van der Waals surface area contributed by atoms with Crippen LogP contribution in [0.5, 0.6) is 0 Å². The molecular formula is C44H50Br2N6. The lowest BCUT2D eigenvalue weighted by atomic mass is 10.00. The van der Waals surface area contributed by atoms with E-state index in [-0.39, 0.29) is 34.0 Å². The summed E-state index contributed by atoms with van der Waals surface area (Å²) in [5.74, 6) is 0. The maximum absolute atomic E-state index is 5.39. The second-order valence-electron chi connectivity index (χ2n) is 13.8. The minimum absolute atomic E-state index is 0. The zero-order valence-electron chi connectivity index (χ0n) is 31.3. The van der Waals surface area contributed by atoms with E-state index in [0.717, 1.165) is 96.5 Å². The molecule has 0 unspecified atom stereocenters. The van der Waals surface area contributed by atoms with E-state index in [1.807, 2.05) is 0 Å². The van der Waals surface area contributed by atoms with Crippen LogP contribution in [0, 0.1) is 13.8 Å². The number of allylic oxidation sites excluding steroid dienone is 4. The molecular weight excluding hydrogens is 772 g/mol. The first-order valence-corrected chi connectivity index (χ1v) is 18.4. The fourth-order valence-corrected chi connectivity index (χ4v) is 7.80. The van der Waals surface area contributed by atoms with Crippen LogP contribution in [-0.4, -0.2) is 19.9 Å². The van der Waals surface area contributed by atoms with Gasteiger partial charge in [-0.25, -0.2) is 19.1 Å². The number of nitrogens with zero attached hydrogens (tertiary/aromatic N) is 4. The van der Waals surface area contributed by atoms with E-state index in [9.17, 15) is 0 Å². The molecule has 270 valence electrons. The molecule has 8 heteroatoms. The molecule has 5 aromatic heterocycles. The zero-order chi connectivity index (χ0) is 34.8. The van der Waals surface area contributed by atoms with Crippen LogP contribution in [0.15, 0.2) is 85.5 Å². The highest BCUT2D eigenvalue weighted by Gasteiger charge is 2.21. The molecule has 0 atom stereocenters. The average molecular weight is 823 g/mol. The van der Waals surface area contributed by atoms with Gasteiger partial charge in [-0.2, -0.15) is 0 Å². The lowest BCUT2D eigenvalue weighted by Gasteiger charge is -2.04. The van der Waals surface area contributed by atoms with Gasteiger partial charge >= 0.3 is 0 Å². The quantitative estimate of drug-likeness (QED) is 0.212. The van der Waals surface area contributed by atoms with E-state index in [4.69, 9.17) is 9.97 Å². The number of hydrogen-bond acceptors (Lipinski definition) is 2. The van der Waals surface area contributed by atoms with Gasteiger partial charge in [-0.05, 0) is 122 Å². The van der Waals surface area contributed by atoms with Crippen molar-refractivity contribution >= 4 is 44.4 Å². The normalized spacial score (nSPS) is 12.6. The summed E-state index contributed by atoms with van der Waals surface area (Å²) >= 11 is 0. The van der Waals surface area contributed by atoms with Gasteiger partial charge in [-0.15, -0.1) is 0 Å². The van der Waals surface area contributed by atoms with Crippen LogP contribution < -0.4 is 43.1 Å². The van der Waals surface area contributed by atoms with Crippen molar-refractivity contribution in [2.75, 3.05) is 0 Å². The second-order valence-corrected chi connectivity index (χ2v) is 13.8. The largest absolute Gasteiger partial charge is 1.00 e. The first-order chi connectivity index (χ1) is 24.3. The molecule has 7 heterocycles. The van der Waals surface area contributed by atoms with Crippen LogP contribution >= 0.6 is 0 Å². The summed E-state index contributed by atoms with van der Waals surface area (Å²) in [6, 6.07) is 21.7. The Hall–Kier alpha value is -4.14. The van der Waals surface area contributed by atoms with Crippen molar-refractivity contribution in [3.63, 3.8) is 0 Å². The van der Waals surface area contributed by atoms with Crippen LogP contribution in [0.4, 0.5) is 0 Å². The maximum atomic E-state index is 5.39. The SMILES string of the molecule is CCC1=C(C)c2cc3[nH]c(cc4nc(cc5[nH]c(cc1n2)c(C)c5CCC[n+]1ccccc1)C(CCC[n+]1ccccc1)=C4C)c(C)c3CC.[Br-].[Br-]. The van der Waals surface area contributed by atoms with Crippen LogP contribution in [0.25, 0.3) is 44.4 Å². The van der Waals surface area contributed by atoms with Crippen molar-refractivity contribution in [3.05, 3.63) is 130 Å². The van der Waals surface area contributed by atoms with E-state index in [0.29, 0.717) is 0 Å². The summed E-state index contributed by atoms with van der Waals surface area (Å²) in [6.07, 6.45) is 14.5. The highest BCUT2D eigenvalue weighted by molar-refractivity contribution is 5.94. The number of aromatic amines is 2. The van der Waals surface area contributed by atoms with Crippen molar-refractivity contribution in [1.29, 1.82) is 0 Å². The molecule has 2 aliphatic heterocycles. The van der Waals surface area contributed by atoms with E-state index in [1.54, 1.807) is 0 Å². The molecule has 0 saturated heterocycles. The molecule has 0 radical (unpaired) electrons. The van der Waals surface area contributed by atoms with Gasteiger partial charge in [0.1, 0.15) is 13.1 Å². The Kier molecular flexibility index (Phi) is 12.9. The number of nitrogens with one attached hydrogen (secondary N) is 2. The molecule has 0 aromatic carbocycles. The number of hydrogen-bond donors (Lipinski definition) is 2. The van der Waals surface area contributed by atoms with E-state index < -0.39 is 0 Å². The van der Waals surface area contributed by atoms with Gasteiger partial charge in [0.25, 0.3) is 0 Å². The summed E-state index contributed by atoms with van der Waals surface area (Å²) in [6.45, 7) is 15.4. The van der Waals surface area contributed by atoms with Gasteiger partial charge in [0.2, 0.25) is 0 Å². The Balaban J connectivity index is 0.00000261. The third-order valence-corrected chi connectivity index (χ3v) is 10.7. The highest BCUT2D eigenvalue weighted by atomic mass is 79.9. The number of fused-ring (bicyclic) bond motifs is 8. The van der Waals surface area contributed by atoms with Crippen LogP contribution in [0.3, 0.4) is 0 Å². The third kappa shape index (κ3) is 7.93. The molecule has 0 fully saturated rings. The van der Waals surface area contributed by atoms with Crippen molar-refractivity contribution in [2.45, 2.75) is 93.2 Å². The molecule has 7 rings (SSSR count). The maximum Gasteiger partial charge on any atom is 0.168 e. The molecule has 5 aromatic rings. The molecule has 0 saturated carbocycles. The van der Waals surface area contributed by atoms with Crippen molar-refractivity contribution in [2.24, 2.45) is 0 Å². The monoisotopic (exact) mass is 820 g/mol. The molecule has 0 amide bonds. The smallest absolute Gasteiger partial charge is 0.168 e. The van der Waals surface area contributed by atoms with Crippen molar-refractivity contribution < 1.29 is 43.1 Å². The van der Waals surface area contributed by atoms with E-state index in [2.05, 4.69) is 146 Å². The van der Waals surface area contributed by atoms with Gasteiger partial charge in [0, 0.05) is 59.2 Å². The lowest BCUT2D eigenvalue weighted by Crippen LogP contribution is -3.00. The zero-order valence-corrected chi connectivity index (χ0v) is 34.5. The fourth-order valence-electron chi connectivity index (χ4n) is 7.80. The molecule has 6 nitrogen and oxygen atoms in total. The Morgan fingerprint density at radius 2 is 0.942 bits per heavy atom. The van der Waals surface area contributed by atoms with E-state index in [1.165, 1.54) is 44.5 Å². The van der Waals surface area contributed by atoms with Crippen LogP contribution in [-0.2, 0) is 25.9 Å². The topological polar surface area (TPSA) is 65.1 Å². The fraction of sp³-hybridized carbons (Fsp3) is 0.318. The predicted octanol–water partition coefficient (Wildman–Crippen LogP) is 3.46. The van der Waals surface area contributed by atoms with Crippen molar-refractivity contribution in [1.82, 2.24) is 19.9 Å². The Labute approximate surface area is 329 Å². The molecule has 0 spiro atoms. The van der Waals surface area contributed by atoms with Crippen molar-refractivity contribution in [3.8, 4) is 0 Å². The molecule has 8 bridgehead atoms. The van der Waals surface area contributed by atoms with Crippen LogP contribution in [0.2, 0.25) is 0 Å². The number of rotatable bonds is 10. The van der Waals surface area contributed by atoms with Gasteiger partial charge in [-0.1, -0.05) is 26.0 Å². The van der Waals surface area contributed by atoms with E-state index >= 15 is 0 Å². The van der Waals surface area contributed by atoms with Crippen LogP contribution in [0.1, 0.15) is 98.4 Å². The predicted molar refractivity (Wildman–Crippen MR) is 206 cm³/mol. The number of halogens is 2. The summed E-state index contributed by atoms with van der Waals surface area (Å²) in [5.41, 5.74) is 19.2. The van der Waals surface area contributed by atoms with Gasteiger partial charge in [-0.3, -0.25) is 0 Å². The first-order valence-electron chi connectivity index (χ1n) is 18.4. The second kappa shape index (κ2) is 17.1. The lowest BCUT2D eigenvalue weighted by molar-refractivity contribution is -0.697. The molecule has 2 aliphatic rings. The summed E-state index contributed by atoms with van der Waals surface area (Å²) in [4.78, 5) is 18.3. The summed E-state index contributed by atoms with van der Waals surface area (Å²) in [5, 5.41) is 0. The van der Waals surface area contributed by atoms with Gasteiger partial charge < -0.3 is 43.9 Å². The third-order valence-electron chi connectivity index (χ3n) is 10.7. The number of pyridine rings is 2. The molecule has 0 aliphatic carbocycles. The number of aryl methyl sites for hydroxylation is 6. The Morgan fingerprint density at radius 3 is 1.50 bits per heavy atom. The van der Waals surface area contributed by atoms with Gasteiger partial charge in [0.05, 0.1) is 22.8 Å². The standard InChI is InChI=1S/C44H50N6.2BrH/c1-7-33-29(3)37-25-38-31(5)35(17-15-23-49-19-11-9-12-20-49)43(47-38)28-44-36(18-16-24-50-21-13-10-14-22-50)32(6)40(48-44)27-42-34(8-2)30(4)39(46-42)26-41(33)45-37;;/h9-14,19-22,25-28,45,48H,7-8,15-18,23-24H2,1-6H3;2*1H/q+2;;/p-2. The number of H-pyrrole nitrogens is 2. The highest BCUT2D eigenvalue weighted by Crippen LogP contribution is 2.37. The Bertz CT molecular complexity index is 2280. The summed E-state index contributed by atoms with van der Waals surface area (Å²) in [7, 11) is 0. The molecule has 2 N–H and O–H groups in total. The first kappa shape index (κ1) is 39.1. The Morgan fingerprint density at radius 1 is 0.500 bits per heavy atom.